The van der Waals surface area contributed by atoms with Gasteiger partial charge in [0.25, 0.3) is 5.91 Å². The molecule has 2 saturated carbocycles. The van der Waals surface area contributed by atoms with Crippen molar-refractivity contribution < 1.29 is 32.3 Å². The van der Waals surface area contributed by atoms with Crippen LogP contribution >= 0.6 is 0 Å². The van der Waals surface area contributed by atoms with E-state index in [0.29, 0.717) is 38.9 Å². The number of benzene rings is 1. The van der Waals surface area contributed by atoms with Crippen LogP contribution in [0.1, 0.15) is 62.5 Å². The van der Waals surface area contributed by atoms with Crippen molar-refractivity contribution in [3.8, 4) is 0 Å². The highest BCUT2D eigenvalue weighted by Crippen LogP contribution is 2.46. The molecule has 0 aromatic heterocycles. The quantitative estimate of drug-likeness (QED) is 0.439. The first-order chi connectivity index (χ1) is 20.7. The third kappa shape index (κ3) is 6.36. The molecule has 3 fully saturated rings. The predicted molar refractivity (Wildman–Crippen MR) is 156 cm³/mol. The second kappa shape index (κ2) is 11.8. The minimum atomic E-state index is -3.82. The van der Waals surface area contributed by atoms with Crippen LogP contribution in [0.4, 0.5) is 9.59 Å². The summed E-state index contributed by atoms with van der Waals surface area (Å²) >= 11 is 0. The second-order valence-corrected chi connectivity index (χ2v) is 14.3. The van der Waals surface area contributed by atoms with Gasteiger partial charge in [-0.2, -0.15) is 0 Å². The Morgan fingerprint density at radius 2 is 1.86 bits per heavy atom. The summed E-state index contributed by atoms with van der Waals surface area (Å²) in [5.74, 6) is -1.70. The highest BCUT2D eigenvalue weighted by molar-refractivity contribution is 7.91. The normalized spacial score (nSPS) is 29.5. The molecular weight excluding hydrogens is 574 g/mol. The van der Waals surface area contributed by atoms with Crippen molar-refractivity contribution >= 4 is 34.0 Å². The minimum Gasteiger partial charge on any atom is -0.444 e. The van der Waals surface area contributed by atoms with Crippen LogP contribution in [0.3, 0.4) is 0 Å². The third-order valence-electron chi connectivity index (χ3n) is 9.14. The van der Waals surface area contributed by atoms with Crippen molar-refractivity contribution in [2.24, 2.45) is 5.92 Å². The number of ether oxygens (including phenoxy) is 1. The smallest absolute Gasteiger partial charge is 0.410 e. The SMILES string of the molecule is O=C1N[C@]2(C(=O)NS(=O)(=O)C3CC3)C[C@H]2C=CCCCCCNC(=O)N2C[C@H](OC(=O)N3CCc4ccccc4C3)C[C@@H]12. The van der Waals surface area contributed by atoms with Gasteiger partial charge in [0.1, 0.15) is 17.7 Å². The number of allylic oxidation sites excluding steroid dienone is 1. The molecule has 3 N–H and O–H groups in total. The lowest BCUT2D eigenvalue weighted by molar-refractivity contribution is -0.131. The zero-order valence-electron chi connectivity index (χ0n) is 24.1. The molecule has 13 heteroatoms. The van der Waals surface area contributed by atoms with Crippen molar-refractivity contribution in [2.75, 3.05) is 19.6 Å². The first-order valence-electron chi connectivity index (χ1n) is 15.3. The van der Waals surface area contributed by atoms with E-state index < -0.39 is 56.9 Å². The van der Waals surface area contributed by atoms with Gasteiger partial charge in [-0.3, -0.25) is 14.3 Å². The van der Waals surface area contributed by atoms with E-state index in [1.165, 1.54) is 10.5 Å². The van der Waals surface area contributed by atoms with Gasteiger partial charge in [0.15, 0.2) is 0 Å². The molecule has 1 aromatic carbocycles. The van der Waals surface area contributed by atoms with Crippen LogP contribution < -0.4 is 15.4 Å². The lowest BCUT2D eigenvalue weighted by Crippen LogP contribution is -2.57. The highest BCUT2D eigenvalue weighted by atomic mass is 32.2. The first kappa shape index (κ1) is 29.5. The Hall–Kier alpha value is -3.61. The van der Waals surface area contributed by atoms with Crippen LogP contribution in [0.25, 0.3) is 0 Å². The number of rotatable bonds is 4. The summed E-state index contributed by atoms with van der Waals surface area (Å²) in [6.07, 6.45) is 7.99. The van der Waals surface area contributed by atoms with E-state index in [1.54, 1.807) is 4.90 Å². The summed E-state index contributed by atoms with van der Waals surface area (Å²) in [4.78, 5) is 56.5. The molecule has 43 heavy (non-hydrogen) atoms. The summed E-state index contributed by atoms with van der Waals surface area (Å²) in [7, 11) is -3.82. The molecule has 1 aromatic rings. The average Bonchev–Trinajstić information content (AvgIpc) is 3.91. The number of urea groups is 1. The number of sulfonamides is 1. The van der Waals surface area contributed by atoms with Gasteiger partial charge in [0.05, 0.1) is 11.8 Å². The lowest BCUT2D eigenvalue weighted by Gasteiger charge is -2.29. The second-order valence-electron chi connectivity index (χ2n) is 12.3. The number of fused-ring (bicyclic) bond motifs is 3. The molecule has 0 spiro atoms. The van der Waals surface area contributed by atoms with Crippen LogP contribution in [0.5, 0.6) is 0 Å². The van der Waals surface area contributed by atoms with E-state index >= 15 is 0 Å². The number of nitrogens with zero attached hydrogens (tertiary/aromatic N) is 2. The zero-order valence-corrected chi connectivity index (χ0v) is 24.9. The summed E-state index contributed by atoms with van der Waals surface area (Å²) in [5, 5.41) is 5.11. The fraction of sp³-hybridized carbons (Fsp3) is 0.600. The van der Waals surface area contributed by atoms with E-state index in [4.69, 9.17) is 4.74 Å². The van der Waals surface area contributed by atoms with Crippen LogP contribution in [-0.4, -0.2) is 84.7 Å². The standard InChI is InChI=1S/C30H39N5O7S/c36-26-25-16-23(42-29(39)34-15-13-20-8-5-6-9-21(20)18-34)19-35(25)28(38)31-14-7-3-1-2-4-10-22-17-30(22,32-26)27(37)33-43(40,41)24-11-12-24/h4-6,8-10,22-25H,1-3,7,11-19H2,(H,31,38)(H,32,36)(H,33,37)/t22-,23-,25+,30-/m1/s1. The summed E-state index contributed by atoms with van der Waals surface area (Å²) in [6.45, 7) is 1.40. The highest BCUT2D eigenvalue weighted by Gasteiger charge is 2.62. The molecule has 4 atom stereocenters. The molecule has 232 valence electrons. The number of hydrogen-bond donors (Lipinski definition) is 3. The molecule has 3 aliphatic heterocycles. The van der Waals surface area contributed by atoms with E-state index in [9.17, 15) is 27.6 Å². The van der Waals surface area contributed by atoms with Crippen LogP contribution in [0.15, 0.2) is 36.4 Å². The third-order valence-corrected chi connectivity index (χ3v) is 11.0. The van der Waals surface area contributed by atoms with Gasteiger partial charge in [-0.05, 0) is 56.1 Å². The van der Waals surface area contributed by atoms with Crippen LogP contribution in [0.2, 0.25) is 0 Å². The molecular formula is C30H39N5O7S. The molecule has 0 bridgehead atoms. The van der Waals surface area contributed by atoms with E-state index in [1.807, 2.05) is 36.4 Å². The maximum Gasteiger partial charge on any atom is 0.410 e. The van der Waals surface area contributed by atoms with Gasteiger partial charge in [0.2, 0.25) is 15.9 Å². The maximum atomic E-state index is 13.8. The van der Waals surface area contributed by atoms with Gasteiger partial charge < -0.3 is 25.2 Å². The lowest BCUT2D eigenvalue weighted by atomic mass is 10.0. The minimum absolute atomic E-state index is 0.0265. The molecule has 1 saturated heterocycles. The topological polar surface area (TPSA) is 154 Å². The van der Waals surface area contributed by atoms with Crippen molar-refractivity contribution in [2.45, 2.75) is 87.3 Å². The van der Waals surface area contributed by atoms with Crippen molar-refractivity contribution in [1.29, 1.82) is 0 Å². The summed E-state index contributed by atoms with van der Waals surface area (Å²) in [5.41, 5.74) is 0.833. The van der Waals surface area contributed by atoms with Crippen molar-refractivity contribution in [1.82, 2.24) is 25.2 Å². The van der Waals surface area contributed by atoms with Gasteiger partial charge in [0, 0.05) is 32.0 Å². The molecule has 5 amide bonds. The Morgan fingerprint density at radius 3 is 2.65 bits per heavy atom. The largest absolute Gasteiger partial charge is 0.444 e. The Balaban J connectivity index is 1.18. The zero-order chi connectivity index (χ0) is 30.2. The summed E-state index contributed by atoms with van der Waals surface area (Å²) in [6, 6.07) is 6.49. The Bertz CT molecular complexity index is 1430. The Kier molecular flexibility index (Phi) is 8.10. The molecule has 0 radical (unpaired) electrons. The van der Waals surface area contributed by atoms with Crippen molar-refractivity contribution in [3.05, 3.63) is 47.5 Å². The molecule has 3 heterocycles. The summed E-state index contributed by atoms with van der Waals surface area (Å²) < 4.78 is 33.2. The van der Waals surface area contributed by atoms with Gasteiger partial charge in [-0.1, -0.05) is 42.8 Å². The Morgan fingerprint density at radius 1 is 1.07 bits per heavy atom. The monoisotopic (exact) mass is 613 g/mol. The number of amides is 5. The molecule has 12 nitrogen and oxygen atoms in total. The Labute approximate surface area is 251 Å². The van der Waals surface area contributed by atoms with E-state index in [2.05, 4.69) is 15.4 Å². The maximum absolute atomic E-state index is 13.8. The molecule has 2 aliphatic carbocycles. The molecule has 5 aliphatic rings. The fourth-order valence-corrected chi connectivity index (χ4v) is 7.68. The number of nitrogens with one attached hydrogen (secondary N) is 3. The number of hydrogen-bond acceptors (Lipinski definition) is 7. The van der Waals surface area contributed by atoms with Crippen LogP contribution in [0, 0.1) is 5.92 Å². The van der Waals surface area contributed by atoms with Gasteiger partial charge in [-0.15, -0.1) is 0 Å². The van der Waals surface area contributed by atoms with Crippen LogP contribution in [-0.2, 0) is 37.3 Å². The van der Waals surface area contributed by atoms with Crippen molar-refractivity contribution in [3.63, 3.8) is 0 Å². The van der Waals surface area contributed by atoms with Gasteiger partial charge >= 0.3 is 12.1 Å². The van der Waals surface area contributed by atoms with E-state index in [0.717, 1.165) is 31.2 Å². The van der Waals surface area contributed by atoms with E-state index in [-0.39, 0.29) is 25.3 Å². The average molecular weight is 614 g/mol. The fourth-order valence-electron chi connectivity index (χ4n) is 6.31. The van der Waals surface area contributed by atoms with Gasteiger partial charge in [-0.25, -0.2) is 18.0 Å². The predicted octanol–water partition coefficient (Wildman–Crippen LogP) is 1.95. The number of carbonyl (C=O) groups is 4. The molecule has 6 rings (SSSR count). The first-order valence-corrected chi connectivity index (χ1v) is 16.8. The molecule has 0 unspecified atom stereocenters. The number of carbonyl (C=O) groups excluding carboxylic acids is 4.